The number of ether oxygens (including phenoxy) is 1. The van der Waals surface area contributed by atoms with Crippen LogP contribution in [0.4, 0.5) is 11.5 Å². The Kier molecular flexibility index (Phi) is 5.44. The van der Waals surface area contributed by atoms with Crippen molar-refractivity contribution in [2.75, 3.05) is 36.5 Å². The lowest BCUT2D eigenvalue weighted by molar-refractivity contribution is -0.111. The molecule has 3 heterocycles. The van der Waals surface area contributed by atoms with Gasteiger partial charge in [0.25, 0.3) is 0 Å². The van der Waals surface area contributed by atoms with Crippen LogP contribution in [-0.2, 0) is 9.53 Å². The second-order valence-electron chi connectivity index (χ2n) is 6.35. The van der Waals surface area contributed by atoms with Gasteiger partial charge in [-0.2, -0.15) is 5.10 Å². The van der Waals surface area contributed by atoms with Gasteiger partial charge in [0.1, 0.15) is 0 Å². The fourth-order valence-corrected chi connectivity index (χ4v) is 3.01. The van der Waals surface area contributed by atoms with Gasteiger partial charge in [0, 0.05) is 37.1 Å². The van der Waals surface area contributed by atoms with Gasteiger partial charge in [-0.3, -0.25) is 4.79 Å². The molecule has 1 aromatic carbocycles. The molecule has 142 valence electrons. The summed E-state index contributed by atoms with van der Waals surface area (Å²) < 4.78 is 7.16. The molecule has 1 amide bonds. The summed E-state index contributed by atoms with van der Waals surface area (Å²) in [6.45, 7) is 2.84. The Morgan fingerprint density at radius 2 is 1.93 bits per heavy atom. The van der Waals surface area contributed by atoms with Crippen molar-refractivity contribution in [1.82, 2.24) is 14.8 Å². The smallest absolute Gasteiger partial charge is 0.248 e. The van der Waals surface area contributed by atoms with Crippen LogP contribution >= 0.6 is 0 Å². The third kappa shape index (κ3) is 4.27. The highest BCUT2D eigenvalue weighted by atomic mass is 16.5. The molecule has 0 radical (unpaired) electrons. The fourth-order valence-electron chi connectivity index (χ4n) is 3.01. The molecule has 28 heavy (non-hydrogen) atoms. The van der Waals surface area contributed by atoms with Crippen molar-refractivity contribution in [2.24, 2.45) is 0 Å². The Morgan fingerprint density at radius 1 is 1.11 bits per heavy atom. The van der Waals surface area contributed by atoms with E-state index in [1.165, 1.54) is 6.08 Å². The van der Waals surface area contributed by atoms with Crippen molar-refractivity contribution in [3.05, 3.63) is 72.7 Å². The Balaban J connectivity index is 1.43. The topological polar surface area (TPSA) is 72.3 Å². The third-order valence-corrected chi connectivity index (χ3v) is 4.41. The predicted molar refractivity (Wildman–Crippen MR) is 108 cm³/mol. The molecule has 0 saturated carbocycles. The predicted octanol–water partition coefficient (Wildman–Crippen LogP) is 2.76. The van der Waals surface area contributed by atoms with Crippen LogP contribution in [0.25, 0.3) is 11.8 Å². The second kappa shape index (κ2) is 8.49. The minimum Gasteiger partial charge on any atom is -0.378 e. The van der Waals surface area contributed by atoms with E-state index in [0.717, 1.165) is 30.2 Å². The van der Waals surface area contributed by atoms with Crippen LogP contribution < -0.4 is 10.2 Å². The van der Waals surface area contributed by atoms with Gasteiger partial charge in [-0.15, -0.1) is 0 Å². The number of carbonyl (C=O) groups is 1. The fraction of sp³-hybridized carbons (Fsp3) is 0.190. The Bertz CT molecular complexity index is 962. The molecule has 2 aromatic heterocycles. The molecule has 0 unspecified atom stereocenters. The molecule has 1 aliphatic rings. The first-order valence-electron chi connectivity index (χ1n) is 9.16. The van der Waals surface area contributed by atoms with Crippen LogP contribution in [0.15, 0.2) is 67.1 Å². The van der Waals surface area contributed by atoms with Gasteiger partial charge in [0.2, 0.25) is 5.91 Å². The summed E-state index contributed by atoms with van der Waals surface area (Å²) in [5.41, 5.74) is 2.51. The van der Waals surface area contributed by atoms with Crippen LogP contribution in [0.2, 0.25) is 0 Å². The normalized spacial score (nSPS) is 14.4. The molecule has 4 rings (SSSR count). The molecule has 0 spiro atoms. The summed E-state index contributed by atoms with van der Waals surface area (Å²) in [4.78, 5) is 18.9. The average molecular weight is 375 g/mol. The van der Waals surface area contributed by atoms with E-state index in [4.69, 9.17) is 4.74 Å². The van der Waals surface area contributed by atoms with Crippen LogP contribution in [0.1, 0.15) is 5.56 Å². The second-order valence-corrected chi connectivity index (χ2v) is 6.35. The minimum absolute atomic E-state index is 0.213. The van der Waals surface area contributed by atoms with Crippen molar-refractivity contribution < 1.29 is 9.53 Å². The molecular weight excluding hydrogens is 354 g/mol. The van der Waals surface area contributed by atoms with E-state index >= 15 is 0 Å². The number of nitrogens with zero attached hydrogens (tertiary/aromatic N) is 4. The Morgan fingerprint density at radius 3 is 2.75 bits per heavy atom. The number of pyridine rings is 1. The molecule has 7 heteroatoms. The van der Waals surface area contributed by atoms with E-state index in [2.05, 4.69) is 20.3 Å². The summed E-state index contributed by atoms with van der Waals surface area (Å²) in [7, 11) is 0. The monoisotopic (exact) mass is 375 g/mol. The number of benzene rings is 1. The van der Waals surface area contributed by atoms with E-state index in [-0.39, 0.29) is 5.91 Å². The molecular formula is C21H21N5O2. The first-order valence-corrected chi connectivity index (χ1v) is 9.16. The van der Waals surface area contributed by atoms with Crippen LogP contribution in [0.5, 0.6) is 0 Å². The van der Waals surface area contributed by atoms with Crippen molar-refractivity contribution in [3.8, 4) is 5.69 Å². The number of amides is 1. The number of nitrogens with one attached hydrogen (secondary N) is 1. The van der Waals surface area contributed by atoms with Gasteiger partial charge in [-0.25, -0.2) is 9.67 Å². The average Bonchev–Trinajstić information content (AvgIpc) is 3.23. The number of carbonyl (C=O) groups excluding carboxylic acids is 1. The standard InChI is InChI=1S/C21H21N5O2/c27-20(9-8-17-15-23-26(16-17)18-5-2-1-3-6-18)24-19-7-4-10-22-21(19)25-11-13-28-14-12-25/h1-10,15-16H,11-14H2,(H,24,27). The van der Waals surface area contributed by atoms with Gasteiger partial charge >= 0.3 is 0 Å². The number of hydrogen-bond donors (Lipinski definition) is 1. The van der Waals surface area contributed by atoms with Gasteiger partial charge in [-0.1, -0.05) is 18.2 Å². The number of aromatic nitrogens is 3. The lowest BCUT2D eigenvalue weighted by atomic mass is 10.3. The van der Waals surface area contributed by atoms with Crippen LogP contribution in [0, 0.1) is 0 Å². The molecule has 0 atom stereocenters. The molecule has 1 saturated heterocycles. The molecule has 3 aromatic rings. The quantitative estimate of drug-likeness (QED) is 0.695. The van der Waals surface area contributed by atoms with Crippen molar-refractivity contribution in [2.45, 2.75) is 0 Å². The molecule has 1 fully saturated rings. The maximum absolute atomic E-state index is 12.4. The molecule has 1 N–H and O–H groups in total. The number of hydrogen-bond acceptors (Lipinski definition) is 5. The zero-order valence-electron chi connectivity index (χ0n) is 15.4. The van der Waals surface area contributed by atoms with Crippen molar-refractivity contribution >= 4 is 23.5 Å². The Labute approximate surface area is 163 Å². The highest BCUT2D eigenvalue weighted by Crippen LogP contribution is 2.23. The zero-order chi connectivity index (χ0) is 19.2. The molecule has 0 aliphatic carbocycles. The zero-order valence-corrected chi connectivity index (χ0v) is 15.4. The van der Waals surface area contributed by atoms with Crippen molar-refractivity contribution in [3.63, 3.8) is 0 Å². The van der Waals surface area contributed by atoms with Gasteiger partial charge in [-0.05, 0) is 30.3 Å². The summed E-state index contributed by atoms with van der Waals surface area (Å²) in [5.74, 6) is 0.555. The van der Waals surface area contributed by atoms with E-state index in [9.17, 15) is 4.79 Å². The van der Waals surface area contributed by atoms with Gasteiger partial charge in [0.05, 0.1) is 30.8 Å². The first kappa shape index (κ1) is 17.9. The lowest BCUT2D eigenvalue weighted by Crippen LogP contribution is -2.37. The van der Waals surface area contributed by atoms with E-state index in [1.54, 1.807) is 23.2 Å². The summed E-state index contributed by atoms with van der Waals surface area (Å²) in [6.07, 6.45) is 8.58. The van der Waals surface area contributed by atoms with Gasteiger partial charge < -0.3 is 15.0 Å². The highest BCUT2D eigenvalue weighted by molar-refractivity contribution is 6.03. The summed E-state index contributed by atoms with van der Waals surface area (Å²) in [6, 6.07) is 13.5. The maximum atomic E-state index is 12.4. The van der Waals surface area contributed by atoms with Crippen LogP contribution in [0.3, 0.4) is 0 Å². The largest absolute Gasteiger partial charge is 0.378 e. The first-order chi connectivity index (χ1) is 13.8. The maximum Gasteiger partial charge on any atom is 0.248 e. The van der Waals surface area contributed by atoms with E-state index in [1.807, 2.05) is 48.7 Å². The molecule has 1 aliphatic heterocycles. The highest BCUT2D eigenvalue weighted by Gasteiger charge is 2.16. The summed E-state index contributed by atoms with van der Waals surface area (Å²) in [5, 5.41) is 7.25. The third-order valence-electron chi connectivity index (χ3n) is 4.41. The van der Waals surface area contributed by atoms with Crippen molar-refractivity contribution in [1.29, 1.82) is 0 Å². The van der Waals surface area contributed by atoms with Crippen LogP contribution in [-0.4, -0.2) is 47.0 Å². The van der Waals surface area contributed by atoms with E-state index < -0.39 is 0 Å². The SMILES string of the molecule is O=C(C=Cc1cnn(-c2ccccc2)c1)Nc1cccnc1N1CCOCC1. The Hall–Kier alpha value is -3.45. The number of para-hydroxylation sites is 1. The lowest BCUT2D eigenvalue weighted by Gasteiger charge is -2.29. The minimum atomic E-state index is -0.213. The van der Waals surface area contributed by atoms with E-state index in [0.29, 0.717) is 18.9 Å². The number of anilines is 2. The van der Waals surface area contributed by atoms with Gasteiger partial charge in [0.15, 0.2) is 5.82 Å². The number of morpholine rings is 1. The number of rotatable bonds is 5. The molecule has 0 bridgehead atoms. The summed E-state index contributed by atoms with van der Waals surface area (Å²) >= 11 is 0. The molecule has 7 nitrogen and oxygen atoms in total.